The summed E-state index contributed by atoms with van der Waals surface area (Å²) in [7, 11) is 0. The van der Waals surface area contributed by atoms with Crippen molar-refractivity contribution >= 4 is 17.7 Å². The number of rotatable bonds is 10. The first-order valence-corrected chi connectivity index (χ1v) is 9.65. The summed E-state index contributed by atoms with van der Waals surface area (Å²) in [6.07, 6.45) is 1.68. The molecule has 0 spiro atoms. The molecule has 0 bridgehead atoms. The van der Waals surface area contributed by atoms with Crippen LogP contribution >= 0.6 is 0 Å². The Morgan fingerprint density at radius 2 is 1.55 bits per heavy atom. The lowest BCUT2D eigenvalue weighted by atomic mass is 10.1. The van der Waals surface area contributed by atoms with Crippen molar-refractivity contribution in [1.29, 1.82) is 0 Å². The summed E-state index contributed by atoms with van der Waals surface area (Å²) >= 11 is 0. The highest BCUT2D eigenvalue weighted by Crippen LogP contribution is 2.15. The summed E-state index contributed by atoms with van der Waals surface area (Å²) in [4.78, 5) is 35.2. The molecule has 0 saturated heterocycles. The van der Waals surface area contributed by atoms with Crippen LogP contribution < -0.4 is 10.1 Å². The number of nitrogens with one attached hydrogen (secondary N) is 1. The zero-order valence-corrected chi connectivity index (χ0v) is 17.1. The topological polar surface area (TPSA) is 81.7 Å². The van der Waals surface area contributed by atoms with Crippen molar-refractivity contribution in [2.75, 3.05) is 13.2 Å². The number of ether oxygens (including phenoxy) is 2. The Balaban J connectivity index is 1.80. The Kier molecular flexibility index (Phi) is 8.40. The highest BCUT2D eigenvalue weighted by atomic mass is 16.5. The monoisotopic (exact) mass is 397 g/mol. The number of carbonyl (C=O) groups excluding carboxylic acids is 3. The minimum atomic E-state index is -0.552. The van der Waals surface area contributed by atoms with Crippen molar-refractivity contribution in [1.82, 2.24) is 5.32 Å². The normalized spacial score (nSPS) is 10.5. The summed E-state index contributed by atoms with van der Waals surface area (Å²) in [5.74, 6) is -0.183. The van der Waals surface area contributed by atoms with Crippen LogP contribution in [0.25, 0.3) is 0 Å². The largest absolute Gasteiger partial charge is 0.491 e. The van der Waals surface area contributed by atoms with Crippen LogP contribution in [-0.2, 0) is 16.0 Å². The molecule has 2 rings (SSSR count). The van der Waals surface area contributed by atoms with E-state index in [2.05, 4.69) is 5.32 Å². The van der Waals surface area contributed by atoms with Gasteiger partial charge in [-0.1, -0.05) is 24.3 Å². The number of hydrogen-bond donors (Lipinski definition) is 1. The van der Waals surface area contributed by atoms with Gasteiger partial charge < -0.3 is 14.8 Å². The average molecular weight is 397 g/mol. The summed E-state index contributed by atoms with van der Waals surface area (Å²) in [5, 5.41) is 2.75. The molecule has 154 valence electrons. The summed E-state index contributed by atoms with van der Waals surface area (Å²) in [6.45, 7) is 5.64. The quantitative estimate of drug-likeness (QED) is 0.376. The predicted molar refractivity (Wildman–Crippen MR) is 110 cm³/mol. The average Bonchev–Trinajstić information content (AvgIpc) is 2.69. The number of ketones is 1. The van der Waals surface area contributed by atoms with Crippen molar-refractivity contribution in [2.24, 2.45) is 0 Å². The van der Waals surface area contributed by atoms with E-state index >= 15 is 0 Å². The maximum absolute atomic E-state index is 12.3. The highest BCUT2D eigenvalue weighted by molar-refractivity contribution is 5.99. The van der Waals surface area contributed by atoms with Gasteiger partial charge in [-0.2, -0.15) is 0 Å². The predicted octanol–water partition coefficient (Wildman–Crippen LogP) is 3.58. The minimum absolute atomic E-state index is 0.0414. The second-order valence-electron chi connectivity index (χ2n) is 6.97. The minimum Gasteiger partial charge on any atom is -0.491 e. The lowest BCUT2D eigenvalue weighted by Crippen LogP contribution is -2.21. The van der Waals surface area contributed by atoms with Crippen LogP contribution in [0.3, 0.4) is 0 Å². The van der Waals surface area contributed by atoms with Gasteiger partial charge in [0.25, 0.3) is 0 Å². The van der Waals surface area contributed by atoms with Crippen LogP contribution in [0.1, 0.15) is 53.5 Å². The van der Waals surface area contributed by atoms with Gasteiger partial charge in [-0.05, 0) is 56.5 Å². The van der Waals surface area contributed by atoms with Crippen LogP contribution in [0.2, 0.25) is 0 Å². The van der Waals surface area contributed by atoms with Crippen LogP contribution in [0.15, 0.2) is 48.5 Å². The van der Waals surface area contributed by atoms with Gasteiger partial charge in [0, 0.05) is 19.0 Å². The number of carbonyl (C=O) groups is 3. The van der Waals surface area contributed by atoms with Gasteiger partial charge in [-0.25, -0.2) is 4.79 Å². The molecule has 2 aromatic carbocycles. The standard InChI is InChI=1S/C23H27NO5/c1-16(2)29-21-12-10-20(11-13-21)23(27)28-15-22(26)19-8-6-18(7-9-19)5-4-14-24-17(3)25/h6-13,16H,4-5,14-15H2,1-3H3,(H,24,25). The van der Waals surface area contributed by atoms with E-state index in [9.17, 15) is 14.4 Å². The SMILES string of the molecule is CC(=O)NCCCc1ccc(C(=O)COC(=O)c2ccc(OC(C)C)cc2)cc1. The Morgan fingerprint density at radius 3 is 2.14 bits per heavy atom. The van der Waals surface area contributed by atoms with Crippen LogP contribution in [0.4, 0.5) is 0 Å². The third-order valence-electron chi connectivity index (χ3n) is 4.09. The molecule has 0 aromatic heterocycles. The molecule has 29 heavy (non-hydrogen) atoms. The molecule has 0 aliphatic heterocycles. The van der Waals surface area contributed by atoms with Crippen molar-refractivity contribution in [3.8, 4) is 5.75 Å². The molecular weight excluding hydrogens is 370 g/mol. The van der Waals surface area contributed by atoms with Gasteiger partial charge in [0.05, 0.1) is 11.7 Å². The van der Waals surface area contributed by atoms with Crippen LogP contribution in [0.5, 0.6) is 5.75 Å². The number of esters is 1. The molecule has 0 aliphatic rings. The van der Waals surface area contributed by atoms with Gasteiger partial charge in [0.1, 0.15) is 5.75 Å². The Bertz CT molecular complexity index is 825. The Morgan fingerprint density at radius 1 is 0.931 bits per heavy atom. The maximum Gasteiger partial charge on any atom is 0.338 e. The van der Waals surface area contributed by atoms with E-state index in [-0.39, 0.29) is 24.4 Å². The second-order valence-corrected chi connectivity index (χ2v) is 6.97. The van der Waals surface area contributed by atoms with Gasteiger partial charge in [0.15, 0.2) is 12.4 Å². The van der Waals surface area contributed by atoms with Gasteiger partial charge >= 0.3 is 5.97 Å². The fourth-order valence-corrected chi connectivity index (χ4v) is 2.65. The molecule has 1 amide bonds. The number of amides is 1. The summed E-state index contributed by atoms with van der Waals surface area (Å²) in [6, 6.07) is 13.8. The van der Waals surface area contributed by atoms with E-state index in [1.54, 1.807) is 36.4 Å². The maximum atomic E-state index is 12.3. The van der Waals surface area contributed by atoms with Crippen molar-refractivity contribution in [2.45, 2.75) is 39.7 Å². The van der Waals surface area contributed by atoms with Crippen LogP contribution in [-0.4, -0.2) is 36.9 Å². The Labute approximate surface area is 171 Å². The van der Waals surface area contributed by atoms with Gasteiger partial charge in [0.2, 0.25) is 5.91 Å². The van der Waals surface area contributed by atoms with Gasteiger partial charge in [-0.3, -0.25) is 9.59 Å². The van der Waals surface area contributed by atoms with E-state index in [0.29, 0.717) is 23.4 Å². The first-order chi connectivity index (χ1) is 13.8. The van der Waals surface area contributed by atoms with Crippen molar-refractivity contribution in [3.63, 3.8) is 0 Å². The molecule has 0 radical (unpaired) electrons. The zero-order chi connectivity index (χ0) is 21.2. The molecule has 6 nitrogen and oxygen atoms in total. The number of aryl methyl sites for hydroxylation is 1. The molecule has 0 saturated carbocycles. The van der Waals surface area contributed by atoms with Crippen LogP contribution in [0, 0.1) is 0 Å². The molecule has 1 N–H and O–H groups in total. The third kappa shape index (κ3) is 7.78. The molecule has 0 atom stereocenters. The second kappa shape index (κ2) is 11.0. The fraction of sp³-hybridized carbons (Fsp3) is 0.348. The van der Waals surface area contributed by atoms with E-state index in [1.807, 2.05) is 26.0 Å². The smallest absolute Gasteiger partial charge is 0.338 e. The molecule has 0 fully saturated rings. The van der Waals surface area contributed by atoms with E-state index in [1.165, 1.54) is 6.92 Å². The number of Topliss-reactive ketones (excluding diaryl/α,β-unsaturated/α-hetero) is 1. The summed E-state index contributed by atoms with van der Waals surface area (Å²) < 4.78 is 10.7. The molecule has 2 aromatic rings. The first kappa shape index (κ1) is 22.1. The molecule has 0 heterocycles. The first-order valence-electron chi connectivity index (χ1n) is 9.65. The van der Waals surface area contributed by atoms with E-state index in [0.717, 1.165) is 18.4 Å². The zero-order valence-electron chi connectivity index (χ0n) is 17.1. The third-order valence-corrected chi connectivity index (χ3v) is 4.09. The fourth-order valence-electron chi connectivity index (χ4n) is 2.65. The highest BCUT2D eigenvalue weighted by Gasteiger charge is 2.12. The number of benzene rings is 2. The molecular formula is C23H27NO5. The number of hydrogen-bond acceptors (Lipinski definition) is 5. The molecule has 0 aliphatic carbocycles. The summed E-state index contributed by atoms with van der Waals surface area (Å²) in [5.41, 5.74) is 1.93. The van der Waals surface area contributed by atoms with Gasteiger partial charge in [-0.15, -0.1) is 0 Å². The molecule has 6 heteroatoms. The van der Waals surface area contributed by atoms with Crippen molar-refractivity contribution in [3.05, 3.63) is 65.2 Å². The molecule has 0 unspecified atom stereocenters. The Hall–Kier alpha value is -3.15. The lowest BCUT2D eigenvalue weighted by Gasteiger charge is -2.10. The van der Waals surface area contributed by atoms with E-state index < -0.39 is 5.97 Å². The lowest BCUT2D eigenvalue weighted by molar-refractivity contribution is -0.118. The van der Waals surface area contributed by atoms with Crippen molar-refractivity contribution < 1.29 is 23.9 Å². The van der Waals surface area contributed by atoms with E-state index in [4.69, 9.17) is 9.47 Å².